The molecule has 2 heterocycles. The molecule has 150 valence electrons. The first-order valence-corrected chi connectivity index (χ1v) is 9.70. The van der Waals surface area contributed by atoms with Crippen LogP contribution in [0.4, 0.5) is 16.5 Å². The van der Waals surface area contributed by atoms with Crippen LogP contribution in [-0.4, -0.2) is 39.1 Å². The molecule has 0 atom stereocenters. The smallest absolute Gasteiger partial charge is 0.272 e. The van der Waals surface area contributed by atoms with E-state index < -0.39 is 34.9 Å². The number of aryl methyl sites for hydroxylation is 1. The van der Waals surface area contributed by atoms with Gasteiger partial charge in [0, 0.05) is 11.4 Å². The van der Waals surface area contributed by atoms with Crippen molar-refractivity contribution in [2.45, 2.75) is 6.92 Å². The predicted molar refractivity (Wildman–Crippen MR) is 109 cm³/mol. The second-order valence-electron chi connectivity index (χ2n) is 6.49. The van der Waals surface area contributed by atoms with Crippen LogP contribution in [0.5, 0.6) is 0 Å². The number of amides is 3. The number of fused-ring (bicyclic) bond motifs is 1. The summed E-state index contributed by atoms with van der Waals surface area (Å²) in [6.07, 6.45) is 0. The van der Waals surface area contributed by atoms with Gasteiger partial charge in [-0.1, -0.05) is 24.3 Å². The van der Waals surface area contributed by atoms with Crippen molar-refractivity contribution in [3.05, 3.63) is 80.8 Å². The van der Waals surface area contributed by atoms with Gasteiger partial charge in [0.1, 0.15) is 12.1 Å². The van der Waals surface area contributed by atoms with Crippen LogP contribution < -0.4 is 4.90 Å². The standard InChI is InChI=1S/C20H14N4O5S/c1-12-11-30-20(21-12)23(13-6-3-2-4-7-13)16(25)10-22-18(26)14-8-5-9-15(24(28)29)17(14)19(22)27/h2-9,11H,10H2,1H3. The Kier molecular flexibility index (Phi) is 4.84. The SMILES string of the molecule is Cc1csc(N(C(=O)CN2C(=O)c3cccc([N+](=O)[O-])c3C2=O)c2ccccc2)n1. The van der Waals surface area contributed by atoms with Crippen LogP contribution in [0.25, 0.3) is 0 Å². The molecular weight excluding hydrogens is 408 g/mol. The molecule has 0 N–H and O–H groups in total. The van der Waals surface area contributed by atoms with E-state index in [0.29, 0.717) is 10.8 Å². The number of hydrogen-bond acceptors (Lipinski definition) is 7. The molecule has 1 aromatic heterocycles. The zero-order chi connectivity index (χ0) is 21.4. The minimum Gasteiger partial charge on any atom is -0.272 e. The molecule has 1 aliphatic heterocycles. The van der Waals surface area contributed by atoms with E-state index in [1.165, 1.54) is 28.4 Å². The summed E-state index contributed by atoms with van der Waals surface area (Å²) in [4.78, 5) is 55.6. The number of hydrogen-bond donors (Lipinski definition) is 0. The number of nitrogens with zero attached hydrogens (tertiary/aromatic N) is 4. The Balaban J connectivity index is 1.68. The molecule has 0 fully saturated rings. The van der Waals surface area contributed by atoms with Gasteiger partial charge in [-0.2, -0.15) is 0 Å². The molecule has 4 rings (SSSR count). The lowest BCUT2D eigenvalue weighted by atomic mass is 10.1. The number of thiazole rings is 1. The van der Waals surface area contributed by atoms with E-state index >= 15 is 0 Å². The Labute approximate surface area is 174 Å². The van der Waals surface area contributed by atoms with Crippen molar-refractivity contribution in [1.82, 2.24) is 9.88 Å². The van der Waals surface area contributed by atoms with Crippen molar-refractivity contribution in [1.29, 1.82) is 0 Å². The molecule has 0 unspecified atom stereocenters. The molecule has 10 heteroatoms. The third-order valence-electron chi connectivity index (χ3n) is 4.53. The third kappa shape index (κ3) is 3.22. The summed E-state index contributed by atoms with van der Waals surface area (Å²) >= 11 is 1.25. The van der Waals surface area contributed by atoms with E-state index in [-0.39, 0.29) is 11.1 Å². The first kappa shape index (κ1) is 19.4. The van der Waals surface area contributed by atoms with Gasteiger partial charge in [-0.3, -0.25) is 34.3 Å². The number of rotatable bonds is 5. The van der Waals surface area contributed by atoms with Crippen molar-refractivity contribution in [3.63, 3.8) is 0 Å². The maximum atomic E-state index is 13.2. The van der Waals surface area contributed by atoms with E-state index in [1.807, 2.05) is 0 Å². The number of anilines is 2. The summed E-state index contributed by atoms with van der Waals surface area (Å²) in [6.45, 7) is 1.22. The quantitative estimate of drug-likeness (QED) is 0.354. The van der Waals surface area contributed by atoms with Gasteiger partial charge in [0.25, 0.3) is 23.4 Å². The van der Waals surface area contributed by atoms with Crippen molar-refractivity contribution >= 4 is 45.6 Å². The topological polar surface area (TPSA) is 114 Å². The molecule has 9 nitrogen and oxygen atoms in total. The highest BCUT2D eigenvalue weighted by Gasteiger charge is 2.42. The highest BCUT2D eigenvalue weighted by Crippen LogP contribution is 2.32. The van der Waals surface area contributed by atoms with Crippen molar-refractivity contribution in [2.75, 3.05) is 11.4 Å². The molecule has 3 aromatic rings. The predicted octanol–water partition coefficient (Wildman–Crippen LogP) is 3.32. The van der Waals surface area contributed by atoms with Crippen molar-refractivity contribution in [3.8, 4) is 0 Å². The summed E-state index contributed by atoms with van der Waals surface area (Å²) in [5, 5.41) is 13.4. The molecule has 0 radical (unpaired) electrons. The van der Waals surface area contributed by atoms with Crippen LogP contribution >= 0.6 is 11.3 Å². The normalized spacial score (nSPS) is 12.8. The van der Waals surface area contributed by atoms with Crippen molar-refractivity contribution in [2.24, 2.45) is 0 Å². The van der Waals surface area contributed by atoms with Gasteiger partial charge < -0.3 is 0 Å². The number of aromatic nitrogens is 1. The molecule has 0 bridgehead atoms. The Hall–Kier alpha value is -3.92. The van der Waals surface area contributed by atoms with Crippen LogP contribution in [0.15, 0.2) is 53.9 Å². The Morgan fingerprint density at radius 3 is 2.50 bits per heavy atom. The van der Waals surface area contributed by atoms with Gasteiger partial charge in [0.15, 0.2) is 5.13 Å². The number of nitro benzene ring substituents is 1. The molecular formula is C20H14N4O5S. The molecule has 0 saturated heterocycles. The van der Waals surface area contributed by atoms with Gasteiger partial charge in [0.2, 0.25) is 0 Å². The largest absolute Gasteiger partial charge is 0.282 e. The zero-order valence-electron chi connectivity index (χ0n) is 15.6. The van der Waals surface area contributed by atoms with E-state index in [9.17, 15) is 24.5 Å². The Morgan fingerprint density at radius 2 is 1.87 bits per heavy atom. The molecule has 3 amide bonds. The summed E-state index contributed by atoms with van der Waals surface area (Å²) in [6, 6.07) is 12.5. The molecule has 30 heavy (non-hydrogen) atoms. The fourth-order valence-electron chi connectivity index (χ4n) is 3.20. The molecule has 1 aliphatic rings. The first-order valence-electron chi connectivity index (χ1n) is 8.82. The first-order chi connectivity index (χ1) is 14.4. The van der Waals surface area contributed by atoms with Crippen LogP contribution in [0.2, 0.25) is 0 Å². The third-order valence-corrected chi connectivity index (χ3v) is 5.47. The second kappa shape index (κ2) is 7.48. The Morgan fingerprint density at radius 1 is 1.13 bits per heavy atom. The highest BCUT2D eigenvalue weighted by molar-refractivity contribution is 7.14. The lowest BCUT2D eigenvalue weighted by molar-refractivity contribution is -0.385. The van der Waals surface area contributed by atoms with E-state index in [2.05, 4.69) is 4.98 Å². The number of imide groups is 1. The van der Waals surface area contributed by atoms with Gasteiger partial charge in [0.05, 0.1) is 21.9 Å². The number of carbonyl (C=O) groups excluding carboxylic acids is 3. The zero-order valence-corrected chi connectivity index (χ0v) is 16.5. The van der Waals surface area contributed by atoms with Gasteiger partial charge in [-0.05, 0) is 25.1 Å². The lowest BCUT2D eigenvalue weighted by Crippen LogP contribution is -2.41. The molecule has 0 aliphatic carbocycles. The lowest BCUT2D eigenvalue weighted by Gasteiger charge is -2.22. The maximum Gasteiger partial charge on any atom is 0.282 e. The second-order valence-corrected chi connectivity index (χ2v) is 7.33. The monoisotopic (exact) mass is 422 g/mol. The molecule has 0 spiro atoms. The van der Waals surface area contributed by atoms with E-state index in [1.54, 1.807) is 42.6 Å². The summed E-state index contributed by atoms with van der Waals surface area (Å²) in [5.74, 6) is -2.16. The average molecular weight is 422 g/mol. The number of nitro groups is 1. The van der Waals surface area contributed by atoms with Gasteiger partial charge in [-0.25, -0.2) is 4.98 Å². The minimum atomic E-state index is -0.862. The van der Waals surface area contributed by atoms with Gasteiger partial charge >= 0.3 is 0 Å². The molecule has 2 aromatic carbocycles. The minimum absolute atomic E-state index is 0.0849. The van der Waals surface area contributed by atoms with E-state index in [4.69, 9.17) is 0 Å². The van der Waals surface area contributed by atoms with E-state index in [0.717, 1.165) is 16.7 Å². The van der Waals surface area contributed by atoms with Crippen LogP contribution in [0.1, 0.15) is 26.4 Å². The van der Waals surface area contributed by atoms with Crippen molar-refractivity contribution < 1.29 is 19.3 Å². The number of carbonyl (C=O) groups is 3. The average Bonchev–Trinajstić information content (AvgIpc) is 3.26. The van der Waals surface area contributed by atoms with Crippen LogP contribution in [0.3, 0.4) is 0 Å². The summed E-state index contributed by atoms with van der Waals surface area (Å²) < 4.78 is 0. The van der Waals surface area contributed by atoms with Crippen LogP contribution in [0, 0.1) is 17.0 Å². The molecule has 0 saturated carbocycles. The fraction of sp³-hybridized carbons (Fsp3) is 0.100. The fourth-order valence-corrected chi connectivity index (χ4v) is 4.04. The maximum absolute atomic E-state index is 13.2. The van der Waals surface area contributed by atoms with Gasteiger partial charge in [-0.15, -0.1) is 11.3 Å². The van der Waals surface area contributed by atoms with Crippen LogP contribution in [-0.2, 0) is 4.79 Å². The number of para-hydroxylation sites is 1. The summed E-state index contributed by atoms with van der Waals surface area (Å²) in [5.41, 5.74) is 0.408. The number of benzene rings is 2. The summed E-state index contributed by atoms with van der Waals surface area (Å²) in [7, 11) is 0. The Bertz CT molecular complexity index is 1190. The highest BCUT2D eigenvalue weighted by atomic mass is 32.1.